The summed E-state index contributed by atoms with van der Waals surface area (Å²) >= 11 is 0. The Kier molecular flexibility index (Phi) is 11.8. The van der Waals surface area contributed by atoms with Crippen molar-refractivity contribution >= 4 is 11.9 Å². The molecule has 0 saturated heterocycles. The van der Waals surface area contributed by atoms with Crippen LogP contribution in [0, 0.1) is 23.2 Å². The van der Waals surface area contributed by atoms with E-state index in [0.717, 1.165) is 38.5 Å². The molecule has 4 heteroatoms. The first kappa shape index (κ1) is 25.0. The summed E-state index contributed by atoms with van der Waals surface area (Å²) in [7, 11) is 0. The first-order valence-corrected chi connectivity index (χ1v) is 11.8. The third kappa shape index (κ3) is 7.75. The molecule has 1 aliphatic rings. The van der Waals surface area contributed by atoms with E-state index in [4.69, 9.17) is 0 Å². The van der Waals surface area contributed by atoms with E-state index >= 15 is 0 Å². The van der Waals surface area contributed by atoms with Crippen LogP contribution in [-0.4, -0.2) is 22.2 Å². The van der Waals surface area contributed by atoms with Gasteiger partial charge in [-0.05, 0) is 37.5 Å². The largest absolute Gasteiger partial charge is 0.481 e. The second-order valence-electron chi connectivity index (χ2n) is 9.45. The van der Waals surface area contributed by atoms with Crippen molar-refractivity contribution in [1.82, 2.24) is 0 Å². The van der Waals surface area contributed by atoms with Gasteiger partial charge in [0.15, 0.2) is 0 Å². The van der Waals surface area contributed by atoms with Gasteiger partial charge in [0.1, 0.15) is 0 Å². The molecule has 3 atom stereocenters. The third-order valence-electron chi connectivity index (χ3n) is 6.85. The second-order valence-corrected chi connectivity index (χ2v) is 9.45. The van der Waals surface area contributed by atoms with Crippen LogP contribution >= 0.6 is 0 Å². The summed E-state index contributed by atoms with van der Waals surface area (Å²) < 4.78 is 0. The molecule has 4 nitrogen and oxygen atoms in total. The van der Waals surface area contributed by atoms with Crippen molar-refractivity contribution in [2.45, 2.75) is 117 Å². The summed E-state index contributed by atoms with van der Waals surface area (Å²) in [5.74, 6) is -1.71. The van der Waals surface area contributed by atoms with Gasteiger partial charge in [-0.15, -0.1) is 0 Å². The summed E-state index contributed by atoms with van der Waals surface area (Å²) in [4.78, 5) is 24.3. The van der Waals surface area contributed by atoms with E-state index in [1.807, 2.05) is 0 Å². The molecule has 1 aliphatic carbocycles. The van der Waals surface area contributed by atoms with Crippen LogP contribution in [0.4, 0.5) is 0 Å². The van der Waals surface area contributed by atoms with Crippen molar-refractivity contribution in [3.05, 3.63) is 0 Å². The SMILES string of the molecule is CCCCCCCCCCC1C(C(=O)O)CCCC1(CCCC(C)C)C(=O)O. The molecule has 2 N–H and O–H groups in total. The summed E-state index contributed by atoms with van der Waals surface area (Å²) in [5, 5.41) is 19.9. The zero-order valence-electron chi connectivity index (χ0n) is 18.5. The molecule has 0 bridgehead atoms. The van der Waals surface area contributed by atoms with Gasteiger partial charge in [0.25, 0.3) is 0 Å². The number of carbonyl (C=O) groups is 2. The van der Waals surface area contributed by atoms with Crippen LogP contribution in [0.3, 0.4) is 0 Å². The molecule has 0 amide bonds. The average Bonchev–Trinajstić information content (AvgIpc) is 2.63. The van der Waals surface area contributed by atoms with Crippen molar-refractivity contribution in [3.8, 4) is 0 Å². The molecular weight excluding hydrogens is 352 g/mol. The monoisotopic (exact) mass is 396 g/mol. The lowest BCUT2D eigenvalue weighted by atomic mass is 9.58. The predicted octanol–water partition coefficient (Wildman–Crippen LogP) is 6.92. The Labute approximate surface area is 172 Å². The van der Waals surface area contributed by atoms with Gasteiger partial charge in [-0.2, -0.15) is 0 Å². The molecule has 0 aliphatic heterocycles. The molecule has 28 heavy (non-hydrogen) atoms. The molecule has 164 valence electrons. The minimum absolute atomic E-state index is 0.219. The van der Waals surface area contributed by atoms with Gasteiger partial charge in [-0.25, -0.2) is 0 Å². The topological polar surface area (TPSA) is 74.6 Å². The van der Waals surface area contributed by atoms with E-state index in [-0.39, 0.29) is 5.92 Å². The lowest BCUT2D eigenvalue weighted by molar-refractivity contribution is -0.164. The van der Waals surface area contributed by atoms with E-state index in [1.54, 1.807) is 0 Å². The quantitative estimate of drug-likeness (QED) is 0.295. The molecule has 0 aromatic carbocycles. The van der Waals surface area contributed by atoms with Crippen molar-refractivity contribution in [2.75, 3.05) is 0 Å². The summed E-state index contributed by atoms with van der Waals surface area (Å²) in [6.45, 7) is 6.54. The van der Waals surface area contributed by atoms with E-state index in [0.29, 0.717) is 25.2 Å². The molecule has 0 spiro atoms. The second kappa shape index (κ2) is 13.2. The molecule has 3 unspecified atom stereocenters. The number of carboxylic acid groups (broad SMARTS) is 2. The number of aliphatic carboxylic acids is 2. The molecule has 1 saturated carbocycles. The van der Waals surface area contributed by atoms with Crippen LogP contribution in [0.1, 0.15) is 117 Å². The maximum absolute atomic E-state index is 12.4. The highest BCUT2D eigenvalue weighted by molar-refractivity contribution is 5.78. The van der Waals surface area contributed by atoms with E-state index in [2.05, 4.69) is 20.8 Å². The standard InChI is InChI=1S/C24H44O4/c1-4-5-6-7-8-9-10-11-16-21-20(22(25)26)15-13-18-24(21,23(27)28)17-12-14-19(2)3/h19-21H,4-18H2,1-3H3,(H,25,26)(H,27,28). The number of hydrogen-bond acceptors (Lipinski definition) is 2. The van der Waals surface area contributed by atoms with Crippen LogP contribution in [-0.2, 0) is 9.59 Å². The number of hydrogen-bond donors (Lipinski definition) is 2. The Bertz CT molecular complexity index is 460. The van der Waals surface area contributed by atoms with E-state index in [9.17, 15) is 19.8 Å². The van der Waals surface area contributed by atoms with Crippen LogP contribution in [0.2, 0.25) is 0 Å². The van der Waals surface area contributed by atoms with Gasteiger partial charge < -0.3 is 10.2 Å². The van der Waals surface area contributed by atoms with Gasteiger partial charge in [0.05, 0.1) is 11.3 Å². The fraction of sp³-hybridized carbons (Fsp3) is 0.917. The Hall–Kier alpha value is -1.06. The van der Waals surface area contributed by atoms with Crippen LogP contribution in [0.5, 0.6) is 0 Å². The van der Waals surface area contributed by atoms with Crippen molar-refractivity contribution in [3.63, 3.8) is 0 Å². The van der Waals surface area contributed by atoms with Crippen LogP contribution in [0.25, 0.3) is 0 Å². The number of rotatable bonds is 15. The van der Waals surface area contributed by atoms with Crippen molar-refractivity contribution < 1.29 is 19.8 Å². The first-order valence-electron chi connectivity index (χ1n) is 11.8. The average molecular weight is 397 g/mol. The van der Waals surface area contributed by atoms with E-state index in [1.165, 1.54) is 38.5 Å². The highest BCUT2D eigenvalue weighted by Crippen LogP contribution is 2.50. The summed E-state index contributed by atoms with van der Waals surface area (Å²) in [6.07, 6.45) is 14.9. The number of carboxylic acids is 2. The molecular formula is C24H44O4. The van der Waals surface area contributed by atoms with Crippen molar-refractivity contribution in [2.24, 2.45) is 23.2 Å². The van der Waals surface area contributed by atoms with Crippen LogP contribution < -0.4 is 0 Å². The first-order chi connectivity index (χ1) is 13.3. The molecule has 1 rings (SSSR count). The summed E-state index contributed by atoms with van der Waals surface area (Å²) in [5.41, 5.74) is -0.836. The lowest BCUT2D eigenvalue weighted by Crippen LogP contribution is -2.47. The Morgan fingerprint density at radius 2 is 1.57 bits per heavy atom. The Morgan fingerprint density at radius 1 is 0.964 bits per heavy atom. The fourth-order valence-electron chi connectivity index (χ4n) is 5.19. The molecule has 1 fully saturated rings. The maximum Gasteiger partial charge on any atom is 0.309 e. The van der Waals surface area contributed by atoms with Gasteiger partial charge in [0, 0.05) is 0 Å². The lowest BCUT2D eigenvalue weighted by Gasteiger charge is -2.44. The zero-order valence-corrected chi connectivity index (χ0v) is 18.5. The number of unbranched alkanes of at least 4 members (excludes halogenated alkanes) is 7. The minimum Gasteiger partial charge on any atom is -0.481 e. The summed E-state index contributed by atoms with van der Waals surface area (Å²) in [6, 6.07) is 0. The van der Waals surface area contributed by atoms with Crippen molar-refractivity contribution in [1.29, 1.82) is 0 Å². The maximum atomic E-state index is 12.4. The Balaban J connectivity index is 2.70. The predicted molar refractivity (Wildman–Crippen MR) is 114 cm³/mol. The van der Waals surface area contributed by atoms with Gasteiger partial charge in [0.2, 0.25) is 0 Å². The minimum atomic E-state index is -0.836. The van der Waals surface area contributed by atoms with Gasteiger partial charge in [-0.3, -0.25) is 9.59 Å². The van der Waals surface area contributed by atoms with Gasteiger partial charge in [-0.1, -0.05) is 91.4 Å². The van der Waals surface area contributed by atoms with E-state index < -0.39 is 23.3 Å². The highest BCUT2D eigenvalue weighted by Gasteiger charge is 2.52. The molecule has 0 heterocycles. The molecule has 0 aromatic rings. The smallest absolute Gasteiger partial charge is 0.309 e. The highest BCUT2D eigenvalue weighted by atomic mass is 16.4. The zero-order chi connectivity index (χ0) is 21.0. The molecule has 0 aromatic heterocycles. The van der Waals surface area contributed by atoms with Gasteiger partial charge >= 0.3 is 11.9 Å². The normalized spacial score (nSPS) is 25.1. The third-order valence-corrected chi connectivity index (χ3v) is 6.85. The fourth-order valence-corrected chi connectivity index (χ4v) is 5.19. The Morgan fingerprint density at radius 3 is 2.11 bits per heavy atom. The molecule has 0 radical (unpaired) electrons. The van der Waals surface area contributed by atoms with Crippen LogP contribution in [0.15, 0.2) is 0 Å².